The smallest absolute Gasteiger partial charge is 0.281 e. The van der Waals surface area contributed by atoms with Gasteiger partial charge in [-0.1, -0.05) is 0 Å². The molecule has 2 aromatic rings. The van der Waals surface area contributed by atoms with Crippen LogP contribution in [0.25, 0.3) is 11.5 Å². The number of aromatic amines is 1. The predicted molar refractivity (Wildman–Crippen MR) is 90.5 cm³/mol. The van der Waals surface area contributed by atoms with Gasteiger partial charge in [-0.3, -0.25) is 4.98 Å². The van der Waals surface area contributed by atoms with Gasteiger partial charge >= 0.3 is 0 Å². The number of rotatable bonds is 4. The van der Waals surface area contributed by atoms with E-state index < -0.39 is 10.2 Å². The van der Waals surface area contributed by atoms with Gasteiger partial charge in [0.25, 0.3) is 10.2 Å². The fourth-order valence-corrected chi connectivity index (χ4v) is 3.96. The highest BCUT2D eigenvalue weighted by atomic mass is 32.2. The lowest BCUT2D eigenvalue weighted by atomic mass is 9.95. The van der Waals surface area contributed by atoms with E-state index in [9.17, 15) is 8.42 Å². The Hall–Kier alpha value is -1.84. The zero-order valence-corrected chi connectivity index (χ0v) is 14.9. The molecule has 130 valence electrons. The third-order valence-electron chi connectivity index (χ3n) is 4.28. The fourth-order valence-electron chi connectivity index (χ4n) is 2.83. The van der Waals surface area contributed by atoms with Crippen LogP contribution in [0.15, 0.2) is 18.6 Å². The lowest BCUT2D eigenvalue weighted by Gasteiger charge is -2.32. The highest BCUT2D eigenvalue weighted by molar-refractivity contribution is 7.86. The molecule has 0 bridgehead atoms. The Labute approximate surface area is 142 Å². The monoisotopic (exact) mass is 350 g/mol. The first kappa shape index (κ1) is 17.0. The highest BCUT2D eigenvalue weighted by Crippen LogP contribution is 2.28. The summed E-state index contributed by atoms with van der Waals surface area (Å²) in [7, 11) is -0.213. The fraction of sp³-hybridized carbons (Fsp3) is 0.533. The van der Waals surface area contributed by atoms with Crippen molar-refractivity contribution in [2.75, 3.05) is 27.2 Å². The van der Waals surface area contributed by atoms with Gasteiger partial charge in [0.15, 0.2) is 5.82 Å². The maximum atomic E-state index is 12.1. The summed E-state index contributed by atoms with van der Waals surface area (Å²) >= 11 is 0. The van der Waals surface area contributed by atoms with Crippen LogP contribution in [0.5, 0.6) is 0 Å². The lowest BCUT2D eigenvalue weighted by Crippen LogP contribution is -2.44. The van der Waals surface area contributed by atoms with E-state index >= 15 is 0 Å². The van der Waals surface area contributed by atoms with Crippen LogP contribution in [-0.4, -0.2) is 64.1 Å². The molecule has 1 N–H and O–H groups in total. The molecular weight excluding hydrogens is 328 g/mol. The van der Waals surface area contributed by atoms with Crippen LogP contribution in [0.3, 0.4) is 0 Å². The molecular formula is C15H22N6O2S. The molecule has 0 radical (unpaired) electrons. The standard InChI is InChI=1S/C15H22N6O2S/c1-11-8-18-15(19-11)14-10-16-13(9-17-14)12-4-6-21(7-5-12)24(22,23)20(2)3/h8-10,12H,4-7H2,1-3H3,(H,18,19). The normalized spacial score (nSPS) is 17.5. The van der Waals surface area contributed by atoms with Crippen molar-refractivity contribution in [1.29, 1.82) is 0 Å². The zero-order chi connectivity index (χ0) is 17.3. The molecule has 0 spiro atoms. The molecule has 8 nitrogen and oxygen atoms in total. The largest absolute Gasteiger partial charge is 0.341 e. The summed E-state index contributed by atoms with van der Waals surface area (Å²) < 4.78 is 27.1. The van der Waals surface area contributed by atoms with Gasteiger partial charge in [0.05, 0.1) is 11.9 Å². The van der Waals surface area contributed by atoms with Crippen molar-refractivity contribution in [3.8, 4) is 11.5 Å². The first-order valence-electron chi connectivity index (χ1n) is 7.89. The van der Waals surface area contributed by atoms with Crippen molar-refractivity contribution in [3.05, 3.63) is 30.0 Å². The summed E-state index contributed by atoms with van der Waals surface area (Å²) in [5.41, 5.74) is 2.59. The van der Waals surface area contributed by atoms with Gasteiger partial charge in [-0.15, -0.1) is 0 Å². The Morgan fingerprint density at radius 3 is 2.33 bits per heavy atom. The quantitative estimate of drug-likeness (QED) is 0.893. The minimum absolute atomic E-state index is 0.235. The summed E-state index contributed by atoms with van der Waals surface area (Å²) in [5.74, 6) is 0.942. The van der Waals surface area contributed by atoms with E-state index in [4.69, 9.17) is 0 Å². The van der Waals surface area contributed by atoms with E-state index in [1.165, 1.54) is 8.61 Å². The van der Waals surface area contributed by atoms with Gasteiger partial charge in [0.1, 0.15) is 5.69 Å². The molecule has 1 aliphatic heterocycles. The Bertz CT molecular complexity index is 792. The van der Waals surface area contributed by atoms with E-state index in [0.717, 1.165) is 24.2 Å². The second-order valence-electron chi connectivity index (χ2n) is 6.20. The van der Waals surface area contributed by atoms with Crippen LogP contribution in [0, 0.1) is 6.92 Å². The molecule has 0 atom stereocenters. The van der Waals surface area contributed by atoms with E-state index in [1.54, 1.807) is 32.7 Å². The van der Waals surface area contributed by atoms with Gasteiger partial charge in [0.2, 0.25) is 0 Å². The van der Waals surface area contributed by atoms with Gasteiger partial charge < -0.3 is 4.98 Å². The summed E-state index contributed by atoms with van der Waals surface area (Å²) in [6.07, 6.45) is 6.75. The minimum Gasteiger partial charge on any atom is -0.341 e. The van der Waals surface area contributed by atoms with Gasteiger partial charge in [0, 0.05) is 51.2 Å². The zero-order valence-electron chi connectivity index (χ0n) is 14.1. The Morgan fingerprint density at radius 2 is 1.83 bits per heavy atom. The number of hydrogen-bond donors (Lipinski definition) is 1. The Balaban J connectivity index is 1.67. The number of imidazole rings is 1. The van der Waals surface area contributed by atoms with Crippen molar-refractivity contribution in [2.24, 2.45) is 0 Å². The predicted octanol–water partition coefficient (Wildman–Crippen LogP) is 1.16. The number of aromatic nitrogens is 4. The molecule has 0 unspecified atom stereocenters. The number of hydrogen-bond acceptors (Lipinski definition) is 5. The SMILES string of the molecule is Cc1cnc(-c2cnc(C3CCN(S(=O)(=O)N(C)C)CC3)cn2)[nH]1. The number of nitrogens with zero attached hydrogens (tertiary/aromatic N) is 5. The summed E-state index contributed by atoms with van der Waals surface area (Å²) in [5, 5.41) is 0. The van der Waals surface area contributed by atoms with Crippen LogP contribution in [-0.2, 0) is 10.2 Å². The van der Waals surface area contributed by atoms with Crippen LogP contribution in [0.1, 0.15) is 30.1 Å². The van der Waals surface area contributed by atoms with Crippen molar-refractivity contribution in [3.63, 3.8) is 0 Å². The minimum atomic E-state index is -3.33. The summed E-state index contributed by atoms with van der Waals surface area (Å²) in [4.78, 5) is 16.3. The summed E-state index contributed by atoms with van der Waals surface area (Å²) in [6, 6.07) is 0. The molecule has 1 saturated heterocycles. The molecule has 0 saturated carbocycles. The van der Waals surface area contributed by atoms with Gasteiger partial charge in [-0.2, -0.15) is 17.0 Å². The molecule has 1 fully saturated rings. The third-order valence-corrected chi connectivity index (χ3v) is 6.22. The maximum Gasteiger partial charge on any atom is 0.281 e. The van der Waals surface area contributed by atoms with Crippen LogP contribution < -0.4 is 0 Å². The van der Waals surface area contributed by atoms with Gasteiger partial charge in [-0.25, -0.2) is 9.97 Å². The number of aryl methyl sites for hydroxylation is 1. The summed E-state index contributed by atoms with van der Waals surface area (Å²) in [6.45, 7) is 2.95. The number of nitrogens with one attached hydrogen (secondary N) is 1. The van der Waals surface area contributed by atoms with Crippen molar-refractivity contribution >= 4 is 10.2 Å². The molecule has 0 aromatic carbocycles. The van der Waals surface area contributed by atoms with Crippen LogP contribution in [0.4, 0.5) is 0 Å². The molecule has 24 heavy (non-hydrogen) atoms. The highest BCUT2D eigenvalue weighted by Gasteiger charge is 2.30. The third kappa shape index (κ3) is 3.33. The van der Waals surface area contributed by atoms with E-state index in [-0.39, 0.29) is 5.92 Å². The molecule has 3 heterocycles. The van der Waals surface area contributed by atoms with Crippen LogP contribution in [0.2, 0.25) is 0 Å². The Morgan fingerprint density at radius 1 is 1.12 bits per heavy atom. The maximum absolute atomic E-state index is 12.1. The first-order chi connectivity index (χ1) is 11.4. The van der Waals surface area contributed by atoms with Crippen LogP contribution >= 0.6 is 0 Å². The average Bonchev–Trinajstić information content (AvgIpc) is 3.01. The van der Waals surface area contributed by atoms with E-state index in [0.29, 0.717) is 24.6 Å². The molecule has 1 aliphatic rings. The second kappa shape index (κ2) is 6.58. The lowest BCUT2D eigenvalue weighted by molar-refractivity contribution is 0.300. The van der Waals surface area contributed by atoms with E-state index in [1.807, 2.05) is 6.92 Å². The first-order valence-corrected chi connectivity index (χ1v) is 9.29. The van der Waals surface area contributed by atoms with Crippen molar-refractivity contribution in [2.45, 2.75) is 25.7 Å². The second-order valence-corrected chi connectivity index (χ2v) is 8.35. The average molecular weight is 350 g/mol. The van der Waals surface area contributed by atoms with E-state index in [2.05, 4.69) is 19.9 Å². The molecule has 9 heteroatoms. The molecule has 3 rings (SSSR count). The molecule has 0 amide bonds. The Kier molecular flexibility index (Phi) is 4.66. The molecule has 2 aromatic heterocycles. The van der Waals surface area contributed by atoms with Crippen molar-refractivity contribution < 1.29 is 8.42 Å². The molecule has 0 aliphatic carbocycles. The van der Waals surface area contributed by atoms with Gasteiger partial charge in [-0.05, 0) is 19.8 Å². The number of H-pyrrole nitrogens is 1. The number of piperidine rings is 1. The van der Waals surface area contributed by atoms with Crippen molar-refractivity contribution in [1.82, 2.24) is 28.5 Å². The topological polar surface area (TPSA) is 95.1 Å².